The molecular formula is C36H65N7O10. The van der Waals surface area contributed by atoms with Crippen LogP contribution in [0.2, 0.25) is 0 Å². The number of unbranched alkanes of at least 4 members (excludes halogenated alkanes) is 6. The number of carbonyl (C=O) groups excluding carboxylic acids is 7. The van der Waals surface area contributed by atoms with Gasteiger partial charge in [0.2, 0.25) is 35.4 Å². The molecular weight excluding hydrogens is 690 g/mol. The van der Waals surface area contributed by atoms with Crippen molar-refractivity contribution in [2.45, 2.75) is 129 Å². The molecule has 0 unspecified atom stereocenters. The molecule has 0 atom stereocenters. The van der Waals surface area contributed by atoms with Crippen LogP contribution in [0.4, 0.5) is 0 Å². The van der Waals surface area contributed by atoms with Gasteiger partial charge in [-0.25, -0.2) is 15.2 Å². The third kappa shape index (κ3) is 25.9. The average Bonchev–Trinajstić information content (AvgIpc) is 3.15. The third-order valence-electron chi connectivity index (χ3n) is 9.10. The number of Topliss-reactive ketones (excluding diaryl/α,β-unsaturated/α-hetero) is 1. The van der Waals surface area contributed by atoms with Crippen LogP contribution >= 0.6 is 0 Å². The van der Waals surface area contributed by atoms with Crippen LogP contribution in [-0.2, 0) is 33.6 Å². The van der Waals surface area contributed by atoms with Gasteiger partial charge in [-0.3, -0.25) is 49.2 Å². The van der Waals surface area contributed by atoms with E-state index in [0.717, 1.165) is 32.4 Å². The summed E-state index contributed by atoms with van der Waals surface area (Å²) in [7, 11) is 0. The normalized spacial score (nSPS) is 12.8. The predicted octanol–water partition coefficient (Wildman–Crippen LogP) is 2.21. The molecule has 1 heterocycles. The van der Waals surface area contributed by atoms with Crippen LogP contribution in [0, 0.1) is 5.92 Å². The molecule has 17 nitrogen and oxygen atoms in total. The number of nitrogens with one attached hydrogen (secondary N) is 4. The molecule has 53 heavy (non-hydrogen) atoms. The van der Waals surface area contributed by atoms with Crippen LogP contribution in [0.1, 0.15) is 129 Å². The monoisotopic (exact) mass is 755 g/mol. The van der Waals surface area contributed by atoms with E-state index in [1.54, 1.807) is 0 Å². The summed E-state index contributed by atoms with van der Waals surface area (Å²) in [4.78, 5) is 83.3. The number of ketones is 1. The second-order valence-corrected chi connectivity index (χ2v) is 13.7. The maximum absolute atomic E-state index is 12.2. The Morgan fingerprint density at radius 2 is 0.925 bits per heavy atom. The van der Waals surface area contributed by atoms with Crippen LogP contribution in [0.25, 0.3) is 0 Å². The number of piperidine rings is 1. The minimum absolute atomic E-state index is 0.0567. The highest BCUT2D eigenvalue weighted by Crippen LogP contribution is 2.18. The van der Waals surface area contributed by atoms with Gasteiger partial charge in [-0.05, 0) is 96.1 Å². The molecule has 0 radical (unpaired) electrons. The fourth-order valence-corrected chi connectivity index (χ4v) is 5.66. The first-order chi connectivity index (χ1) is 25.4. The van der Waals surface area contributed by atoms with E-state index in [-0.39, 0.29) is 81.7 Å². The fourth-order valence-electron chi connectivity index (χ4n) is 5.66. The van der Waals surface area contributed by atoms with E-state index in [0.29, 0.717) is 105 Å². The van der Waals surface area contributed by atoms with Crippen molar-refractivity contribution in [2.75, 3.05) is 52.4 Å². The Kier molecular flexibility index (Phi) is 26.6. The Hall–Kier alpha value is -3.67. The van der Waals surface area contributed by atoms with E-state index in [2.05, 4.69) is 21.3 Å². The predicted molar refractivity (Wildman–Crippen MR) is 194 cm³/mol. The van der Waals surface area contributed by atoms with Gasteiger partial charge in [-0.15, -0.1) is 0 Å². The molecule has 6 amide bonds. The van der Waals surface area contributed by atoms with Crippen molar-refractivity contribution in [3.05, 3.63) is 0 Å². The molecule has 0 aromatic rings. The Bertz CT molecular complexity index is 1120. The number of nitrogens with zero attached hydrogens (tertiary/aromatic N) is 3. The maximum Gasteiger partial charge on any atom is 0.246 e. The molecule has 0 spiro atoms. The Labute approximate surface area is 313 Å². The minimum Gasteiger partial charge on any atom is -0.356 e. The lowest BCUT2D eigenvalue weighted by Gasteiger charge is -2.22. The lowest BCUT2D eigenvalue weighted by atomic mass is 9.92. The van der Waals surface area contributed by atoms with Crippen molar-refractivity contribution < 1.29 is 49.2 Å². The van der Waals surface area contributed by atoms with Gasteiger partial charge in [0.1, 0.15) is 5.78 Å². The summed E-state index contributed by atoms with van der Waals surface area (Å²) in [6, 6.07) is 0. The van der Waals surface area contributed by atoms with E-state index in [1.807, 2.05) is 0 Å². The minimum atomic E-state index is -0.564. The Morgan fingerprint density at radius 3 is 1.34 bits per heavy atom. The largest absolute Gasteiger partial charge is 0.356 e. The van der Waals surface area contributed by atoms with Gasteiger partial charge >= 0.3 is 0 Å². The molecule has 7 N–H and O–H groups in total. The first kappa shape index (κ1) is 47.4. The first-order valence-corrected chi connectivity index (χ1v) is 19.4. The molecule has 0 aromatic carbocycles. The zero-order chi connectivity index (χ0) is 39.3. The smallest absolute Gasteiger partial charge is 0.246 e. The second-order valence-electron chi connectivity index (χ2n) is 13.7. The van der Waals surface area contributed by atoms with Gasteiger partial charge in [0, 0.05) is 91.1 Å². The van der Waals surface area contributed by atoms with Gasteiger partial charge in [-0.1, -0.05) is 0 Å². The SMILES string of the molecule is CC(=O)N(O)CCCCCNC(=O)CCC(=O)N(O)CCCCCNC(=O)CCC(=O)N(O)CCCCCNC(=O)CCC(=O)CCC1CCNCC1. The summed E-state index contributed by atoms with van der Waals surface area (Å²) in [6.07, 6.45) is 9.24. The van der Waals surface area contributed by atoms with Gasteiger partial charge in [-0.2, -0.15) is 0 Å². The van der Waals surface area contributed by atoms with E-state index >= 15 is 0 Å². The number of hydroxylamine groups is 6. The highest BCUT2D eigenvalue weighted by molar-refractivity contribution is 5.85. The zero-order valence-electron chi connectivity index (χ0n) is 31.7. The van der Waals surface area contributed by atoms with Crippen molar-refractivity contribution in [3.8, 4) is 0 Å². The standard InChI is InChI=1S/C36H65N7O10/c1-29(44)41(51)26-8-2-5-22-39-33(47)15-17-35(49)43(53)28-10-4-7-23-40-34(48)16-18-36(50)42(52)27-9-3-6-21-38-32(46)14-13-31(45)12-11-30-19-24-37-25-20-30/h30,37,51-53H,2-28H2,1H3,(H,38,46)(H,39,47)(H,40,48). The maximum atomic E-state index is 12.2. The number of amides is 6. The lowest BCUT2D eigenvalue weighted by Crippen LogP contribution is -2.31. The summed E-state index contributed by atoms with van der Waals surface area (Å²) >= 11 is 0. The first-order valence-electron chi connectivity index (χ1n) is 19.4. The van der Waals surface area contributed by atoms with E-state index in [1.165, 1.54) is 6.92 Å². The van der Waals surface area contributed by atoms with E-state index in [9.17, 15) is 49.2 Å². The highest BCUT2D eigenvalue weighted by Gasteiger charge is 2.16. The average molecular weight is 756 g/mol. The zero-order valence-corrected chi connectivity index (χ0v) is 31.7. The van der Waals surface area contributed by atoms with Gasteiger partial charge in [0.15, 0.2) is 0 Å². The molecule has 0 aliphatic carbocycles. The van der Waals surface area contributed by atoms with E-state index < -0.39 is 17.7 Å². The number of hydrogen-bond acceptors (Lipinski definition) is 11. The van der Waals surface area contributed by atoms with Crippen LogP contribution in [0.3, 0.4) is 0 Å². The summed E-state index contributed by atoms with van der Waals surface area (Å²) < 4.78 is 0. The number of hydrogen-bond donors (Lipinski definition) is 7. The molecule has 1 rings (SSSR count). The van der Waals surface area contributed by atoms with Crippen molar-refractivity contribution in [2.24, 2.45) is 5.92 Å². The van der Waals surface area contributed by atoms with Crippen LogP contribution < -0.4 is 21.3 Å². The quantitative estimate of drug-likeness (QED) is 0.0319. The third-order valence-corrected chi connectivity index (χ3v) is 9.10. The number of rotatable bonds is 30. The molecule has 1 fully saturated rings. The number of carbonyl (C=O) groups is 7. The second kappa shape index (κ2) is 29.7. The lowest BCUT2D eigenvalue weighted by molar-refractivity contribution is -0.166. The van der Waals surface area contributed by atoms with Gasteiger partial charge in [0.05, 0.1) is 0 Å². The van der Waals surface area contributed by atoms with Crippen LogP contribution in [0.15, 0.2) is 0 Å². The van der Waals surface area contributed by atoms with Crippen LogP contribution in [-0.4, -0.2) is 124 Å². The van der Waals surface area contributed by atoms with E-state index in [4.69, 9.17) is 0 Å². The topological polar surface area (TPSA) is 238 Å². The molecule has 0 bridgehead atoms. The summed E-state index contributed by atoms with van der Waals surface area (Å²) in [6.45, 7) is 4.94. The molecule has 0 saturated carbocycles. The van der Waals surface area contributed by atoms with Gasteiger partial charge in [0.25, 0.3) is 0 Å². The summed E-state index contributed by atoms with van der Waals surface area (Å²) in [5, 5.41) is 42.6. The molecule has 0 aromatic heterocycles. The Morgan fingerprint density at radius 1 is 0.528 bits per heavy atom. The van der Waals surface area contributed by atoms with Gasteiger partial charge < -0.3 is 21.3 Å². The molecule has 1 saturated heterocycles. The summed E-state index contributed by atoms with van der Waals surface area (Å²) in [5.41, 5.74) is 0. The Balaban J connectivity index is 1.97. The summed E-state index contributed by atoms with van der Waals surface area (Å²) in [5.74, 6) is -1.60. The van der Waals surface area contributed by atoms with Crippen molar-refractivity contribution >= 4 is 41.2 Å². The molecule has 1 aliphatic heterocycles. The fraction of sp³-hybridized carbons (Fsp3) is 0.806. The van der Waals surface area contributed by atoms with Crippen LogP contribution in [0.5, 0.6) is 0 Å². The van der Waals surface area contributed by atoms with Crippen molar-refractivity contribution in [1.29, 1.82) is 0 Å². The molecule has 1 aliphatic rings. The van der Waals surface area contributed by atoms with Crippen molar-refractivity contribution in [1.82, 2.24) is 36.5 Å². The molecule has 17 heteroatoms. The molecule has 304 valence electrons. The van der Waals surface area contributed by atoms with Crippen molar-refractivity contribution in [3.63, 3.8) is 0 Å². The highest BCUT2D eigenvalue weighted by atomic mass is 16.5.